The van der Waals surface area contributed by atoms with E-state index >= 15 is 0 Å². The lowest BCUT2D eigenvalue weighted by molar-refractivity contribution is 0.101. The lowest BCUT2D eigenvalue weighted by Crippen LogP contribution is -1.95. The molecule has 0 atom stereocenters. The first-order valence-electron chi connectivity index (χ1n) is 4.52. The molecule has 3 nitrogen and oxygen atoms in total. The molecule has 0 aliphatic heterocycles. The van der Waals surface area contributed by atoms with Crippen LogP contribution in [0.15, 0.2) is 30.5 Å². The van der Waals surface area contributed by atoms with Gasteiger partial charge >= 0.3 is 0 Å². The van der Waals surface area contributed by atoms with Crippen molar-refractivity contribution in [1.82, 2.24) is 4.98 Å². The fraction of sp³-hybridized carbons (Fsp3) is 0.0833. The standard InChI is InChI=1S/C12H8N2O/c1-8(15)10-4-5-14-12-3-2-9(7-13)6-11(10)12/h2-6H,1H3. The van der Waals surface area contributed by atoms with Crippen LogP contribution in [0, 0.1) is 11.3 Å². The average Bonchev–Trinajstić information content (AvgIpc) is 2.27. The molecular weight excluding hydrogens is 188 g/mol. The Morgan fingerprint density at radius 1 is 1.40 bits per heavy atom. The van der Waals surface area contributed by atoms with Crippen molar-refractivity contribution in [3.05, 3.63) is 41.6 Å². The second kappa shape index (κ2) is 3.50. The van der Waals surface area contributed by atoms with Crippen LogP contribution >= 0.6 is 0 Å². The minimum atomic E-state index is -0.0162. The number of ketones is 1. The molecule has 0 N–H and O–H groups in total. The van der Waals surface area contributed by atoms with Crippen LogP contribution in [0.4, 0.5) is 0 Å². The van der Waals surface area contributed by atoms with E-state index in [9.17, 15) is 4.79 Å². The zero-order valence-electron chi connectivity index (χ0n) is 8.19. The third-order valence-electron chi connectivity index (χ3n) is 2.25. The first-order valence-corrected chi connectivity index (χ1v) is 4.52. The van der Waals surface area contributed by atoms with Crippen LogP contribution in [-0.2, 0) is 0 Å². The number of Topliss-reactive ketones (excluding diaryl/α,β-unsaturated/α-hetero) is 1. The van der Waals surface area contributed by atoms with E-state index in [2.05, 4.69) is 4.98 Å². The monoisotopic (exact) mass is 196 g/mol. The molecule has 0 spiro atoms. The Morgan fingerprint density at radius 2 is 2.20 bits per heavy atom. The van der Waals surface area contributed by atoms with Crippen molar-refractivity contribution in [3.63, 3.8) is 0 Å². The van der Waals surface area contributed by atoms with Gasteiger partial charge in [0.05, 0.1) is 17.1 Å². The van der Waals surface area contributed by atoms with Crippen LogP contribution in [0.25, 0.3) is 10.9 Å². The third kappa shape index (κ3) is 1.57. The van der Waals surface area contributed by atoms with Crippen molar-refractivity contribution in [2.45, 2.75) is 6.92 Å². The maximum absolute atomic E-state index is 11.3. The number of benzene rings is 1. The number of pyridine rings is 1. The Balaban J connectivity index is 2.83. The van der Waals surface area contributed by atoms with Crippen molar-refractivity contribution < 1.29 is 4.79 Å². The molecule has 0 aliphatic rings. The molecule has 2 aromatic rings. The molecule has 0 unspecified atom stereocenters. The quantitative estimate of drug-likeness (QED) is 0.657. The summed E-state index contributed by atoms with van der Waals surface area (Å²) in [5.74, 6) is -0.0162. The lowest BCUT2D eigenvalue weighted by Gasteiger charge is -2.02. The Kier molecular flexibility index (Phi) is 2.18. The highest BCUT2D eigenvalue weighted by atomic mass is 16.1. The molecule has 72 valence electrons. The van der Waals surface area contributed by atoms with Gasteiger partial charge in [-0.25, -0.2) is 0 Å². The topological polar surface area (TPSA) is 53.8 Å². The van der Waals surface area contributed by atoms with E-state index in [0.29, 0.717) is 11.1 Å². The van der Waals surface area contributed by atoms with Gasteiger partial charge in [0, 0.05) is 17.1 Å². The molecule has 0 amide bonds. The van der Waals surface area contributed by atoms with Gasteiger partial charge in [-0.05, 0) is 31.2 Å². The number of aromatic nitrogens is 1. The van der Waals surface area contributed by atoms with E-state index in [1.54, 1.807) is 30.5 Å². The van der Waals surface area contributed by atoms with E-state index in [1.165, 1.54) is 6.92 Å². The molecule has 15 heavy (non-hydrogen) atoms. The van der Waals surface area contributed by atoms with Crippen LogP contribution in [0.3, 0.4) is 0 Å². The number of nitriles is 1. The minimum Gasteiger partial charge on any atom is -0.294 e. The second-order valence-corrected chi connectivity index (χ2v) is 3.26. The summed E-state index contributed by atoms with van der Waals surface area (Å²) in [4.78, 5) is 15.5. The summed E-state index contributed by atoms with van der Waals surface area (Å²) >= 11 is 0. The Hall–Kier alpha value is -2.21. The number of carbonyl (C=O) groups is 1. The van der Waals surface area contributed by atoms with Crippen LogP contribution in [0.2, 0.25) is 0 Å². The molecular formula is C12H8N2O. The Labute approximate surface area is 87.0 Å². The van der Waals surface area contributed by atoms with Gasteiger partial charge in [-0.2, -0.15) is 5.26 Å². The number of hydrogen-bond acceptors (Lipinski definition) is 3. The Bertz CT molecular complexity index is 582. The van der Waals surface area contributed by atoms with Crippen molar-refractivity contribution in [3.8, 4) is 6.07 Å². The lowest BCUT2D eigenvalue weighted by atomic mass is 10.0. The zero-order valence-corrected chi connectivity index (χ0v) is 8.19. The normalized spacial score (nSPS) is 9.87. The predicted molar refractivity (Wildman–Crippen MR) is 56.5 cm³/mol. The van der Waals surface area contributed by atoms with Crippen LogP contribution in [0.5, 0.6) is 0 Å². The molecule has 0 aliphatic carbocycles. The minimum absolute atomic E-state index is 0.0162. The van der Waals surface area contributed by atoms with E-state index in [-0.39, 0.29) is 5.78 Å². The fourth-order valence-electron chi connectivity index (χ4n) is 1.52. The molecule has 1 aromatic heterocycles. The first kappa shape index (κ1) is 9.35. The van der Waals surface area contributed by atoms with Crippen molar-refractivity contribution in [2.24, 2.45) is 0 Å². The van der Waals surface area contributed by atoms with Gasteiger partial charge in [-0.3, -0.25) is 9.78 Å². The van der Waals surface area contributed by atoms with Crippen LogP contribution in [-0.4, -0.2) is 10.8 Å². The average molecular weight is 196 g/mol. The molecule has 0 saturated carbocycles. The molecule has 0 saturated heterocycles. The summed E-state index contributed by atoms with van der Waals surface area (Å²) in [6.45, 7) is 1.51. The van der Waals surface area contributed by atoms with E-state index in [1.807, 2.05) is 6.07 Å². The first-order chi connectivity index (χ1) is 7.22. The molecule has 0 radical (unpaired) electrons. The number of rotatable bonds is 1. The van der Waals surface area contributed by atoms with Gasteiger partial charge < -0.3 is 0 Å². The number of fused-ring (bicyclic) bond motifs is 1. The van der Waals surface area contributed by atoms with Crippen molar-refractivity contribution in [1.29, 1.82) is 5.26 Å². The van der Waals surface area contributed by atoms with Crippen LogP contribution in [0.1, 0.15) is 22.8 Å². The van der Waals surface area contributed by atoms with Gasteiger partial charge in [0.1, 0.15) is 0 Å². The van der Waals surface area contributed by atoms with E-state index < -0.39 is 0 Å². The molecule has 1 aromatic carbocycles. The summed E-state index contributed by atoms with van der Waals surface area (Å²) in [6, 6.07) is 8.86. The highest BCUT2D eigenvalue weighted by Gasteiger charge is 2.06. The van der Waals surface area contributed by atoms with Gasteiger partial charge in [0.2, 0.25) is 0 Å². The van der Waals surface area contributed by atoms with Gasteiger partial charge in [0.15, 0.2) is 5.78 Å². The second-order valence-electron chi connectivity index (χ2n) is 3.26. The molecule has 3 heteroatoms. The summed E-state index contributed by atoms with van der Waals surface area (Å²) in [5.41, 5.74) is 1.89. The van der Waals surface area contributed by atoms with Gasteiger partial charge in [-0.15, -0.1) is 0 Å². The molecule has 2 rings (SSSR count). The smallest absolute Gasteiger partial charge is 0.160 e. The van der Waals surface area contributed by atoms with Gasteiger partial charge in [0.25, 0.3) is 0 Å². The predicted octanol–water partition coefficient (Wildman–Crippen LogP) is 2.31. The summed E-state index contributed by atoms with van der Waals surface area (Å²) in [5, 5.41) is 9.51. The molecule has 0 fully saturated rings. The number of hydrogen-bond donors (Lipinski definition) is 0. The van der Waals surface area contributed by atoms with Gasteiger partial charge in [-0.1, -0.05) is 0 Å². The van der Waals surface area contributed by atoms with Crippen molar-refractivity contribution in [2.75, 3.05) is 0 Å². The SMILES string of the molecule is CC(=O)c1ccnc2ccc(C#N)cc12. The summed E-state index contributed by atoms with van der Waals surface area (Å²) in [7, 11) is 0. The Morgan fingerprint density at radius 3 is 2.87 bits per heavy atom. The molecule has 1 heterocycles. The maximum atomic E-state index is 11.3. The van der Waals surface area contributed by atoms with Crippen molar-refractivity contribution >= 4 is 16.7 Å². The van der Waals surface area contributed by atoms with E-state index in [4.69, 9.17) is 5.26 Å². The zero-order chi connectivity index (χ0) is 10.8. The third-order valence-corrected chi connectivity index (χ3v) is 2.25. The maximum Gasteiger partial charge on any atom is 0.160 e. The number of carbonyl (C=O) groups excluding carboxylic acids is 1. The van der Waals surface area contributed by atoms with E-state index in [0.717, 1.165) is 10.9 Å². The number of nitrogens with zero attached hydrogens (tertiary/aromatic N) is 2. The summed E-state index contributed by atoms with van der Waals surface area (Å²) < 4.78 is 0. The molecule has 0 bridgehead atoms. The van der Waals surface area contributed by atoms with Crippen LogP contribution < -0.4 is 0 Å². The summed E-state index contributed by atoms with van der Waals surface area (Å²) in [6.07, 6.45) is 1.60. The largest absolute Gasteiger partial charge is 0.294 e. The fourth-order valence-corrected chi connectivity index (χ4v) is 1.52. The highest BCUT2D eigenvalue weighted by molar-refractivity contribution is 6.06. The highest BCUT2D eigenvalue weighted by Crippen LogP contribution is 2.18.